The van der Waals surface area contributed by atoms with Gasteiger partial charge >= 0.3 is 5.97 Å². The molecule has 1 aromatic carbocycles. The number of hydrogen-bond acceptors (Lipinski definition) is 3. The highest BCUT2D eigenvalue weighted by Crippen LogP contribution is 2.51. The molecule has 2 aliphatic rings. The predicted molar refractivity (Wildman–Crippen MR) is 85.4 cm³/mol. The molecule has 3 rings (SSSR count). The number of rotatable bonds is 5. The predicted octanol–water partition coefficient (Wildman–Crippen LogP) is 2.67. The topological polar surface area (TPSA) is 66.8 Å². The summed E-state index contributed by atoms with van der Waals surface area (Å²) in [7, 11) is 0. The molecule has 1 amide bonds. The Balaban J connectivity index is 1.75. The molecule has 1 saturated heterocycles. The maximum atomic E-state index is 14.0. The second-order valence-electron chi connectivity index (χ2n) is 6.29. The van der Waals surface area contributed by atoms with E-state index in [1.165, 1.54) is 17.0 Å². The fraction of sp³-hybridized carbons (Fsp3) is 0.529. The summed E-state index contributed by atoms with van der Waals surface area (Å²) < 4.78 is 19.3. The van der Waals surface area contributed by atoms with E-state index in [2.05, 4.69) is 0 Å². The first kappa shape index (κ1) is 17.2. The van der Waals surface area contributed by atoms with Crippen molar-refractivity contribution < 1.29 is 23.8 Å². The lowest BCUT2D eigenvalue weighted by Crippen LogP contribution is -2.46. The van der Waals surface area contributed by atoms with Gasteiger partial charge in [0.2, 0.25) is 5.91 Å². The van der Waals surface area contributed by atoms with Crippen LogP contribution in [0.25, 0.3) is 0 Å². The highest BCUT2D eigenvalue weighted by Gasteiger charge is 2.49. The molecule has 0 radical (unpaired) electrons. The standard InChI is InChI=1S/C17H19ClFNO4/c18-13-2-1-3-14(19)16(13)11-8-12(11)17(23)20(9-15(21)22)10-4-6-24-7-5-10/h1-3,10-12H,4-9H2,(H,21,22)/t11-,12+/m0/s1. The highest BCUT2D eigenvalue weighted by atomic mass is 35.5. The first-order chi connectivity index (χ1) is 11.5. The maximum absolute atomic E-state index is 14.0. The second-order valence-corrected chi connectivity index (χ2v) is 6.69. The fourth-order valence-electron chi connectivity index (χ4n) is 3.39. The van der Waals surface area contributed by atoms with Crippen LogP contribution in [0.1, 0.15) is 30.7 Å². The zero-order valence-corrected chi connectivity index (χ0v) is 13.8. The van der Waals surface area contributed by atoms with Crippen molar-refractivity contribution in [2.24, 2.45) is 5.92 Å². The lowest BCUT2D eigenvalue weighted by molar-refractivity contribution is -0.148. The van der Waals surface area contributed by atoms with E-state index in [1.54, 1.807) is 6.07 Å². The summed E-state index contributed by atoms with van der Waals surface area (Å²) in [6.45, 7) is 0.695. The quantitative estimate of drug-likeness (QED) is 0.881. The summed E-state index contributed by atoms with van der Waals surface area (Å²) in [6, 6.07) is 4.32. The summed E-state index contributed by atoms with van der Waals surface area (Å²) in [5, 5.41) is 9.44. The normalized spacial score (nSPS) is 23.8. The summed E-state index contributed by atoms with van der Waals surface area (Å²) in [5.41, 5.74) is 0.361. The molecule has 0 bridgehead atoms. The summed E-state index contributed by atoms with van der Waals surface area (Å²) >= 11 is 6.07. The van der Waals surface area contributed by atoms with E-state index < -0.39 is 17.7 Å². The van der Waals surface area contributed by atoms with Gasteiger partial charge in [0.15, 0.2) is 0 Å². The number of nitrogens with zero attached hydrogens (tertiary/aromatic N) is 1. The number of halogens is 2. The van der Waals surface area contributed by atoms with Crippen molar-refractivity contribution in [1.29, 1.82) is 0 Å². The average molecular weight is 356 g/mol. The van der Waals surface area contributed by atoms with Crippen LogP contribution in [-0.4, -0.2) is 47.7 Å². The SMILES string of the molecule is O=C(O)CN(C(=O)[C@@H]1C[C@@H]1c1c(F)cccc1Cl)C1CCOCC1. The fourth-order valence-corrected chi connectivity index (χ4v) is 3.70. The molecule has 0 aromatic heterocycles. The van der Waals surface area contributed by atoms with Crippen molar-refractivity contribution in [3.05, 3.63) is 34.6 Å². The van der Waals surface area contributed by atoms with E-state index in [9.17, 15) is 14.0 Å². The van der Waals surface area contributed by atoms with Gasteiger partial charge in [0.1, 0.15) is 12.4 Å². The van der Waals surface area contributed by atoms with Crippen LogP contribution in [0.5, 0.6) is 0 Å². The average Bonchev–Trinajstić information content (AvgIpc) is 3.33. The molecular formula is C17H19ClFNO4. The van der Waals surface area contributed by atoms with Crippen LogP contribution in [0.4, 0.5) is 4.39 Å². The van der Waals surface area contributed by atoms with Gasteiger partial charge in [-0.15, -0.1) is 0 Å². The minimum Gasteiger partial charge on any atom is -0.480 e. The number of carbonyl (C=O) groups is 2. The molecule has 0 spiro atoms. The van der Waals surface area contributed by atoms with Crippen molar-refractivity contribution in [2.45, 2.75) is 31.2 Å². The number of carbonyl (C=O) groups excluding carboxylic acids is 1. The number of carboxylic acid groups (broad SMARTS) is 1. The third-order valence-electron chi connectivity index (χ3n) is 4.70. The van der Waals surface area contributed by atoms with Crippen molar-refractivity contribution in [1.82, 2.24) is 4.90 Å². The van der Waals surface area contributed by atoms with Crippen LogP contribution < -0.4 is 0 Å². The van der Waals surface area contributed by atoms with Crippen LogP contribution >= 0.6 is 11.6 Å². The van der Waals surface area contributed by atoms with E-state index in [0.717, 1.165) is 0 Å². The van der Waals surface area contributed by atoms with E-state index in [1.807, 2.05) is 0 Å². The molecule has 130 valence electrons. The largest absolute Gasteiger partial charge is 0.480 e. The van der Waals surface area contributed by atoms with Crippen LogP contribution in [0.3, 0.4) is 0 Å². The summed E-state index contributed by atoms with van der Waals surface area (Å²) in [6.07, 6.45) is 1.74. The lowest BCUT2D eigenvalue weighted by atomic mass is 10.0. The molecule has 1 heterocycles. The molecule has 1 aliphatic carbocycles. The number of aliphatic carboxylic acids is 1. The van der Waals surface area contributed by atoms with Gasteiger partial charge in [0, 0.05) is 41.7 Å². The first-order valence-corrected chi connectivity index (χ1v) is 8.40. The van der Waals surface area contributed by atoms with Gasteiger partial charge in [-0.05, 0) is 31.4 Å². The zero-order valence-electron chi connectivity index (χ0n) is 13.1. The van der Waals surface area contributed by atoms with E-state index >= 15 is 0 Å². The van der Waals surface area contributed by atoms with Crippen molar-refractivity contribution in [2.75, 3.05) is 19.8 Å². The molecule has 24 heavy (non-hydrogen) atoms. The molecular weight excluding hydrogens is 337 g/mol. The monoisotopic (exact) mass is 355 g/mol. The van der Waals surface area contributed by atoms with Crippen molar-refractivity contribution in [3.8, 4) is 0 Å². The van der Waals surface area contributed by atoms with Crippen molar-refractivity contribution >= 4 is 23.5 Å². The third-order valence-corrected chi connectivity index (χ3v) is 5.03. The second kappa shape index (κ2) is 7.07. The zero-order chi connectivity index (χ0) is 17.3. The van der Waals surface area contributed by atoms with Crippen LogP contribution in [-0.2, 0) is 14.3 Å². The Labute approximate surface area is 144 Å². The Morgan fingerprint density at radius 1 is 1.33 bits per heavy atom. The van der Waals surface area contributed by atoms with Crippen molar-refractivity contribution in [3.63, 3.8) is 0 Å². The first-order valence-electron chi connectivity index (χ1n) is 8.03. The molecule has 1 aromatic rings. The molecule has 0 unspecified atom stereocenters. The Kier molecular flexibility index (Phi) is 5.06. The minimum atomic E-state index is -1.05. The lowest BCUT2D eigenvalue weighted by Gasteiger charge is -2.33. The van der Waals surface area contributed by atoms with Gasteiger partial charge in [-0.25, -0.2) is 4.39 Å². The molecule has 1 saturated carbocycles. The number of ether oxygens (including phenoxy) is 1. The molecule has 2 atom stereocenters. The molecule has 1 aliphatic heterocycles. The summed E-state index contributed by atoms with van der Waals surface area (Å²) in [4.78, 5) is 25.4. The molecule has 1 N–H and O–H groups in total. The van der Waals surface area contributed by atoms with Gasteiger partial charge in [0.25, 0.3) is 0 Å². The number of hydrogen-bond donors (Lipinski definition) is 1. The Hall–Kier alpha value is -1.66. The van der Waals surface area contributed by atoms with Crippen LogP contribution in [0.2, 0.25) is 5.02 Å². The van der Waals surface area contributed by atoms with Crippen LogP contribution in [0.15, 0.2) is 18.2 Å². The van der Waals surface area contributed by atoms with Gasteiger partial charge < -0.3 is 14.7 Å². The van der Waals surface area contributed by atoms with E-state index in [-0.39, 0.29) is 24.4 Å². The van der Waals surface area contributed by atoms with Gasteiger partial charge in [-0.1, -0.05) is 17.7 Å². The molecule has 7 heteroatoms. The van der Waals surface area contributed by atoms with E-state index in [0.29, 0.717) is 43.1 Å². The maximum Gasteiger partial charge on any atom is 0.323 e. The van der Waals surface area contributed by atoms with E-state index in [4.69, 9.17) is 21.4 Å². The highest BCUT2D eigenvalue weighted by molar-refractivity contribution is 6.31. The smallest absolute Gasteiger partial charge is 0.323 e. The van der Waals surface area contributed by atoms with Gasteiger partial charge in [0.05, 0.1) is 0 Å². The molecule has 2 fully saturated rings. The Morgan fingerprint density at radius 3 is 2.67 bits per heavy atom. The Morgan fingerprint density at radius 2 is 2.04 bits per heavy atom. The van der Waals surface area contributed by atoms with Gasteiger partial charge in [-0.3, -0.25) is 9.59 Å². The summed E-state index contributed by atoms with van der Waals surface area (Å²) in [5.74, 6) is -2.37. The number of amides is 1. The number of carboxylic acids is 1. The minimum absolute atomic E-state index is 0.139. The Bertz CT molecular complexity index is 627. The van der Waals surface area contributed by atoms with Crippen LogP contribution in [0, 0.1) is 11.7 Å². The number of benzene rings is 1. The molecule has 5 nitrogen and oxygen atoms in total. The third kappa shape index (κ3) is 3.54. The van der Waals surface area contributed by atoms with Gasteiger partial charge in [-0.2, -0.15) is 0 Å².